The Balaban J connectivity index is 1.79. The minimum Gasteiger partial charge on any atom is -0.363 e. The van der Waals surface area contributed by atoms with Gasteiger partial charge in [-0.15, -0.1) is 0 Å². The van der Waals surface area contributed by atoms with Crippen LogP contribution >= 0.6 is 0 Å². The average Bonchev–Trinajstić information content (AvgIpc) is 3.38. The minimum atomic E-state index is -0.393. The first-order valence-electron chi connectivity index (χ1n) is 8.15. The van der Waals surface area contributed by atoms with Crippen molar-refractivity contribution < 1.29 is 9.72 Å². The van der Waals surface area contributed by atoms with E-state index in [-0.39, 0.29) is 17.6 Å². The molecular weight excluding hydrogens is 296 g/mol. The van der Waals surface area contributed by atoms with E-state index in [1.54, 1.807) is 12.1 Å². The lowest BCUT2D eigenvalue weighted by molar-refractivity contribution is -0.384. The fourth-order valence-electron chi connectivity index (χ4n) is 2.88. The number of nitrogens with zero attached hydrogens (tertiary/aromatic N) is 3. The molecule has 2 aliphatic rings. The first kappa shape index (κ1) is 15.7. The van der Waals surface area contributed by atoms with Crippen molar-refractivity contribution >= 4 is 17.3 Å². The first-order valence-corrected chi connectivity index (χ1v) is 8.15. The molecule has 7 nitrogen and oxygen atoms in total. The Labute approximate surface area is 135 Å². The van der Waals surface area contributed by atoms with Crippen LogP contribution < -0.4 is 10.2 Å². The molecule has 1 saturated carbocycles. The summed E-state index contributed by atoms with van der Waals surface area (Å²) in [6.07, 6.45) is 1.99. The van der Waals surface area contributed by atoms with Gasteiger partial charge in [-0.05, 0) is 31.5 Å². The number of rotatable bonds is 5. The Kier molecular flexibility index (Phi) is 4.47. The van der Waals surface area contributed by atoms with Crippen molar-refractivity contribution in [3.05, 3.63) is 33.9 Å². The van der Waals surface area contributed by atoms with Crippen LogP contribution in [0.2, 0.25) is 0 Å². The Morgan fingerprint density at radius 1 is 1.30 bits per heavy atom. The number of amides is 1. The molecule has 0 spiro atoms. The SMILES string of the molecule is CCN1CCN(c2ccc(C(=O)NC3CC3)cc2[N+](=O)[O-])CC1. The second-order valence-corrected chi connectivity index (χ2v) is 6.13. The number of anilines is 1. The maximum atomic E-state index is 12.1. The summed E-state index contributed by atoms with van der Waals surface area (Å²) >= 11 is 0. The summed E-state index contributed by atoms with van der Waals surface area (Å²) in [6, 6.07) is 5.04. The number of hydrogen-bond donors (Lipinski definition) is 1. The lowest BCUT2D eigenvalue weighted by Crippen LogP contribution is -2.46. The van der Waals surface area contributed by atoms with Gasteiger partial charge in [0.25, 0.3) is 11.6 Å². The Morgan fingerprint density at radius 3 is 2.57 bits per heavy atom. The van der Waals surface area contributed by atoms with Gasteiger partial charge in [-0.25, -0.2) is 0 Å². The van der Waals surface area contributed by atoms with E-state index in [0.29, 0.717) is 11.3 Å². The van der Waals surface area contributed by atoms with E-state index in [1.165, 1.54) is 6.07 Å². The third-order valence-electron chi connectivity index (χ3n) is 4.51. The molecule has 0 aromatic heterocycles. The van der Waals surface area contributed by atoms with Gasteiger partial charge in [0.15, 0.2) is 0 Å². The third-order valence-corrected chi connectivity index (χ3v) is 4.51. The summed E-state index contributed by atoms with van der Waals surface area (Å²) in [6.45, 7) is 6.45. The number of piperazine rings is 1. The summed E-state index contributed by atoms with van der Waals surface area (Å²) in [4.78, 5) is 27.5. The molecule has 1 saturated heterocycles. The lowest BCUT2D eigenvalue weighted by atomic mass is 10.1. The predicted octanol–water partition coefficient (Wildman–Crippen LogP) is 1.63. The predicted molar refractivity (Wildman–Crippen MR) is 87.9 cm³/mol. The van der Waals surface area contributed by atoms with Crippen molar-refractivity contribution in [3.8, 4) is 0 Å². The zero-order chi connectivity index (χ0) is 16.4. The number of nitro benzene ring substituents is 1. The Bertz CT molecular complexity index is 607. The second-order valence-electron chi connectivity index (χ2n) is 6.13. The van der Waals surface area contributed by atoms with Gasteiger partial charge in [0.05, 0.1) is 4.92 Å². The van der Waals surface area contributed by atoms with E-state index < -0.39 is 4.92 Å². The molecule has 0 unspecified atom stereocenters. The summed E-state index contributed by atoms with van der Waals surface area (Å²) in [5.74, 6) is -0.224. The zero-order valence-corrected chi connectivity index (χ0v) is 13.3. The fourth-order valence-corrected chi connectivity index (χ4v) is 2.88. The number of nitro groups is 1. The summed E-state index contributed by atoms with van der Waals surface area (Å²) in [7, 11) is 0. The Hall–Kier alpha value is -2.15. The highest BCUT2D eigenvalue weighted by molar-refractivity contribution is 5.96. The highest BCUT2D eigenvalue weighted by Crippen LogP contribution is 2.30. The lowest BCUT2D eigenvalue weighted by Gasteiger charge is -2.35. The minimum absolute atomic E-state index is 0.0124. The Morgan fingerprint density at radius 2 is 2.00 bits per heavy atom. The number of carbonyl (C=O) groups excluding carboxylic acids is 1. The van der Waals surface area contributed by atoms with Crippen molar-refractivity contribution in [1.82, 2.24) is 10.2 Å². The van der Waals surface area contributed by atoms with Crippen molar-refractivity contribution in [1.29, 1.82) is 0 Å². The summed E-state index contributed by atoms with van der Waals surface area (Å²) in [5.41, 5.74) is 0.978. The van der Waals surface area contributed by atoms with Crippen molar-refractivity contribution in [2.45, 2.75) is 25.8 Å². The van der Waals surface area contributed by atoms with Gasteiger partial charge in [-0.1, -0.05) is 6.92 Å². The normalized spacial score (nSPS) is 18.7. The van der Waals surface area contributed by atoms with Crippen LogP contribution in [0.4, 0.5) is 11.4 Å². The molecule has 1 heterocycles. The van der Waals surface area contributed by atoms with Crippen molar-refractivity contribution in [2.24, 2.45) is 0 Å². The summed E-state index contributed by atoms with van der Waals surface area (Å²) in [5, 5.41) is 14.3. The van der Waals surface area contributed by atoms with E-state index in [2.05, 4.69) is 17.1 Å². The van der Waals surface area contributed by atoms with Gasteiger partial charge in [-0.2, -0.15) is 0 Å². The molecular formula is C16H22N4O3. The van der Waals surface area contributed by atoms with E-state index in [0.717, 1.165) is 45.6 Å². The molecule has 7 heteroatoms. The molecule has 1 aromatic rings. The van der Waals surface area contributed by atoms with Crippen LogP contribution in [0, 0.1) is 10.1 Å². The molecule has 1 aliphatic heterocycles. The van der Waals surface area contributed by atoms with Gasteiger partial charge >= 0.3 is 0 Å². The van der Waals surface area contributed by atoms with E-state index >= 15 is 0 Å². The van der Waals surface area contributed by atoms with Gasteiger partial charge in [0.1, 0.15) is 5.69 Å². The third kappa shape index (κ3) is 3.61. The molecule has 3 rings (SSSR count). The number of hydrogen-bond acceptors (Lipinski definition) is 5. The van der Waals surface area contributed by atoms with E-state index in [1.807, 2.05) is 4.90 Å². The van der Waals surface area contributed by atoms with Crippen LogP contribution in [0.15, 0.2) is 18.2 Å². The molecule has 0 radical (unpaired) electrons. The van der Waals surface area contributed by atoms with Crippen LogP contribution in [0.1, 0.15) is 30.1 Å². The highest BCUT2D eigenvalue weighted by Gasteiger charge is 2.27. The van der Waals surface area contributed by atoms with Crippen LogP contribution in [0.5, 0.6) is 0 Å². The van der Waals surface area contributed by atoms with Gasteiger partial charge in [0.2, 0.25) is 0 Å². The average molecular weight is 318 g/mol. The molecule has 0 bridgehead atoms. The largest absolute Gasteiger partial charge is 0.363 e. The van der Waals surface area contributed by atoms with Crippen LogP contribution in [0.25, 0.3) is 0 Å². The molecule has 124 valence electrons. The van der Waals surface area contributed by atoms with Crippen LogP contribution in [-0.2, 0) is 0 Å². The molecule has 1 amide bonds. The fraction of sp³-hybridized carbons (Fsp3) is 0.562. The topological polar surface area (TPSA) is 78.7 Å². The quantitative estimate of drug-likeness (QED) is 0.659. The highest BCUT2D eigenvalue weighted by atomic mass is 16.6. The van der Waals surface area contributed by atoms with Crippen LogP contribution in [0.3, 0.4) is 0 Å². The van der Waals surface area contributed by atoms with Crippen molar-refractivity contribution in [3.63, 3.8) is 0 Å². The zero-order valence-electron chi connectivity index (χ0n) is 13.3. The molecule has 1 aromatic carbocycles. The number of carbonyl (C=O) groups is 1. The maximum absolute atomic E-state index is 12.1. The van der Waals surface area contributed by atoms with E-state index in [9.17, 15) is 14.9 Å². The molecule has 1 N–H and O–H groups in total. The first-order chi connectivity index (χ1) is 11.1. The number of benzene rings is 1. The van der Waals surface area contributed by atoms with Gasteiger partial charge < -0.3 is 15.1 Å². The van der Waals surface area contributed by atoms with Crippen LogP contribution in [-0.4, -0.2) is 54.5 Å². The van der Waals surface area contributed by atoms with Gasteiger partial charge in [-0.3, -0.25) is 14.9 Å². The van der Waals surface area contributed by atoms with Gasteiger partial charge in [0, 0.05) is 43.9 Å². The number of nitrogens with one attached hydrogen (secondary N) is 1. The molecule has 0 atom stereocenters. The molecule has 2 fully saturated rings. The number of likely N-dealkylation sites (N-methyl/N-ethyl adjacent to an activating group) is 1. The standard InChI is InChI=1S/C16H22N4O3/c1-2-18-7-9-19(10-8-18)14-6-3-12(11-15(14)20(22)23)16(21)17-13-4-5-13/h3,6,11,13H,2,4-5,7-10H2,1H3,(H,17,21). The second kappa shape index (κ2) is 6.54. The molecule has 23 heavy (non-hydrogen) atoms. The van der Waals surface area contributed by atoms with Crippen molar-refractivity contribution in [2.75, 3.05) is 37.6 Å². The smallest absolute Gasteiger partial charge is 0.293 e. The monoisotopic (exact) mass is 318 g/mol. The maximum Gasteiger partial charge on any atom is 0.293 e. The summed E-state index contributed by atoms with van der Waals surface area (Å²) < 4.78 is 0. The molecule has 1 aliphatic carbocycles. The van der Waals surface area contributed by atoms with E-state index in [4.69, 9.17) is 0 Å².